The summed E-state index contributed by atoms with van der Waals surface area (Å²) in [6.45, 7) is 2.33. The zero-order valence-electron chi connectivity index (χ0n) is 18.2. The number of carbonyl (C=O) groups excluding carboxylic acids is 1. The van der Waals surface area contributed by atoms with Gasteiger partial charge in [-0.3, -0.25) is 14.6 Å². The highest BCUT2D eigenvalue weighted by Gasteiger charge is 2.50. The van der Waals surface area contributed by atoms with Crippen molar-refractivity contribution in [2.24, 2.45) is 0 Å². The van der Waals surface area contributed by atoms with E-state index >= 15 is 0 Å². The van der Waals surface area contributed by atoms with Crippen molar-refractivity contribution in [2.45, 2.75) is 24.9 Å². The van der Waals surface area contributed by atoms with Crippen LogP contribution in [0.25, 0.3) is 0 Å². The SMILES string of the molecule is O=C1C=C(Nc2ccccc2F)C2(CCN(Cc3ccccc3)CC2)N1c1cccc(F)c1. The van der Waals surface area contributed by atoms with Crippen LogP contribution >= 0.6 is 0 Å². The van der Waals surface area contributed by atoms with Gasteiger partial charge in [-0.2, -0.15) is 0 Å². The summed E-state index contributed by atoms with van der Waals surface area (Å²) in [5.41, 5.74) is 2.03. The monoisotopic (exact) mass is 445 g/mol. The minimum Gasteiger partial charge on any atom is -0.354 e. The van der Waals surface area contributed by atoms with E-state index in [9.17, 15) is 13.6 Å². The Morgan fingerprint density at radius 1 is 0.879 bits per heavy atom. The van der Waals surface area contributed by atoms with Gasteiger partial charge >= 0.3 is 0 Å². The number of benzene rings is 3. The first-order chi connectivity index (χ1) is 16.0. The van der Waals surface area contributed by atoms with Crippen molar-refractivity contribution in [3.63, 3.8) is 0 Å². The van der Waals surface area contributed by atoms with Crippen molar-refractivity contribution < 1.29 is 13.6 Å². The molecule has 0 bridgehead atoms. The summed E-state index contributed by atoms with van der Waals surface area (Å²) >= 11 is 0. The molecule has 1 spiro atoms. The molecule has 3 aromatic rings. The van der Waals surface area contributed by atoms with Crippen LogP contribution in [-0.2, 0) is 11.3 Å². The van der Waals surface area contributed by atoms with Crippen LogP contribution in [0, 0.1) is 11.6 Å². The second-order valence-corrected chi connectivity index (χ2v) is 8.61. The van der Waals surface area contributed by atoms with E-state index in [2.05, 4.69) is 22.3 Å². The molecule has 2 heterocycles. The maximum atomic E-state index is 14.4. The summed E-state index contributed by atoms with van der Waals surface area (Å²) in [6.07, 6.45) is 2.83. The summed E-state index contributed by atoms with van der Waals surface area (Å²) < 4.78 is 28.5. The lowest BCUT2D eigenvalue weighted by Crippen LogP contribution is -2.56. The number of piperidine rings is 1. The lowest BCUT2D eigenvalue weighted by Gasteiger charge is -2.46. The summed E-state index contributed by atoms with van der Waals surface area (Å²) in [4.78, 5) is 17.2. The van der Waals surface area contributed by atoms with Gasteiger partial charge in [0.2, 0.25) is 0 Å². The number of hydrogen-bond donors (Lipinski definition) is 1. The van der Waals surface area contributed by atoms with Gasteiger partial charge in [0.1, 0.15) is 11.6 Å². The average Bonchev–Trinajstić information content (AvgIpc) is 3.08. The highest BCUT2D eigenvalue weighted by molar-refractivity contribution is 6.07. The number of halogens is 2. The summed E-state index contributed by atoms with van der Waals surface area (Å²) in [6, 6.07) is 22.8. The molecular weight excluding hydrogens is 420 g/mol. The van der Waals surface area contributed by atoms with Crippen molar-refractivity contribution in [2.75, 3.05) is 23.3 Å². The third kappa shape index (κ3) is 4.14. The molecule has 5 rings (SSSR count). The number of anilines is 2. The number of nitrogens with one attached hydrogen (secondary N) is 1. The number of para-hydroxylation sites is 1. The molecule has 3 aromatic carbocycles. The van der Waals surface area contributed by atoms with Crippen molar-refractivity contribution in [1.82, 2.24) is 4.90 Å². The Morgan fingerprint density at radius 3 is 2.33 bits per heavy atom. The zero-order chi connectivity index (χ0) is 22.8. The molecule has 6 heteroatoms. The first kappa shape index (κ1) is 21.3. The summed E-state index contributed by atoms with van der Waals surface area (Å²) in [5, 5.41) is 3.19. The van der Waals surface area contributed by atoms with E-state index in [0.29, 0.717) is 29.9 Å². The van der Waals surface area contributed by atoms with E-state index in [1.54, 1.807) is 35.2 Å². The third-order valence-electron chi connectivity index (χ3n) is 6.56. The van der Waals surface area contributed by atoms with Crippen molar-refractivity contribution in [3.8, 4) is 0 Å². The number of amides is 1. The first-order valence-corrected chi connectivity index (χ1v) is 11.1. The van der Waals surface area contributed by atoms with E-state index in [1.807, 2.05) is 18.2 Å². The smallest absolute Gasteiger partial charge is 0.253 e. The molecule has 0 radical (unpaired) electrons. The fraction of sp³-hybridized carbons (Fsp3) is 0.222. The molecule has 33 heavy (non-hydrogen) atoms. The van der Waals surface area contributed by atoms with E-state index in [-0.39, 0.29) is 11.7 Å². The Labute approximate surface area is 192 Å². The van der Waals surface area contributed by atoms with E-state index in [0.717, 1.165) is 19.6 Å². The molecule has 0 unspecified atom stereocenters. The van der Waals surface area contributed by atoms with Crippen molar-refractivity contribution in [1.29, 1.82) is 0 Å². The van der Waals surface area contributed by atoms with E-state index in [1.165, 1.54) is 29.8 Å². The molecule has 1 amide bonds. The van der Waals surface area contributed by atoms with Crippen LogP contribution in [-0.4, -0.2) is 29.4 Å². The highest BCUT2D eigenvalue weighted by Crippen LogP contribution is 2.43. The molecule has 1 N–H and O–H groups in total. The molecule has 0 aliphatic carbocycles. The maximum Gasteiger partial charge on any atom is 0.253 e. The quantitative estimate of drug-likeness (QED) is 0.576. The van der Waals surface area contributed by atoms with Crippen LogP contribution < -0.4 is 10.2 Å². The minimum atomic E-state index is -0.694. The zero-order valence-corrected chi connectivity index (χ0v) is 18.2. The molecule has 1 fully saturated rings. The van der Waals surface area contributed by atoms with E-state index in [4.69, 9.17) is 0 Å². The fourth-order valence-corrected chi connectivity index (χ4v) is 4.92. The Balaban J connectivity index is 1.46. The highest BCUT2D eigenvalue weighted by atomic mass is 19.1. The minimum absolute atomic E-state index is 0.226. The molecule has 2 aliphatic rings. The van der Waals surface area contributed by atoms with Crippen LogP contribution in [0.15, 0.2) is 90.6 Å². The van der Waals surface area contributed by atoms with Crippen molar-refractivity contribution in [3.05, 3.63) is 108 Å². The second kappa shape index (κ2) is 8.79. The van der Waals surface area contributed by atoms with Gasteiger partial charge in [0.25, 0.3) is 5.91 Å². The predicted molar refractivity (Wildman–Crippen MR) is 126 cm³/mol. The first-order valence-electron chi connectivity index (χ1n) is 11.1. The molecule has 0 atom stereocenters. The Bertz CT molecular complexity index is 1190. The van der Waals surface area contributed by atoms with Gasteiger partial charge in [0.05, 0.1) is 11.2 Å². The fourth-order valence-electron chi connectivity index (χ4n) is 4.92. The van der Waals surface area contributed by atoms with Gasteiger partial charge in [0, 0.05) is 37.1 Å². The Hall–Kier alpha value is -3.51. The molecule has 168 valence electrons. The summed E-state index contributed by atoms with van der Waals surface area (Å²) in [5.74, 6) is -1.00. The normalized spacial score (nSPS) is 17.9. The second-order valence-electron chi connectivity index (χ2n) is 8.61. The molecule has 0 saturated carbocycles. The molecule has 1 saturated heterocycles. The number of nitrogens with zero attached hydrogens (tertiary/aromatic N) is 2. The van der Waals surface area contributed by atoms with Gasteiger partial charge in [-0.1, -0.05) is 48.5 Å². The lowest BCUT2D eigenvalue weighted by molar-refractivity contribution is -0.114. The van der Waals surface area contributed by atoms with Gasteiger partial charge in [0.15, 0.2) is 0 Å². The van der Waals surface area contributed by atoms with Crippen LogP contribution in [0.2, 0.25) is 0 Å². The number of rotatable bonds is 5. The Kier molecular flexibility index (Phi) is 5.68. The number of hydrogen-bond acceptors (Lipinski definition) is 3. The third-order valence-corrected chi connectivity index (χ3v) is 6.56. The topological polar surface area (TPSA) is 35.6 Å². The Morgan fingerprint density at radius 2 is 1.61 bits per heavy atom. The molecular formula is C27H25F2N3O. The van der Waals surface area contributed by atoms with Crippen LogP contribution in [0.1, 0.15) is 18.4 Å². The predicted octanol–water partition coefficient (Wildman–Crippen LogP) is 5.34. The van der Waals surface area contributed by atoms with Gasteiger partial charge < -0.3 is 5.32 Å². The van der Waals surface area contributed by atoms with Gasteiger partial charge in [-0.05, 0) is 48.7 Å². The standard InChI is InChI=1S/C27H25F2N3O/c28-21-9-6-10-22(17-21)32-26(33)18-25(30-24-12-5-4-11-23(24)29)27(32)13-15-31(16-14-27)19-20-7-2-1-3-8-20/h1-12,17-18,30H,13-16,19H2. The van der Waals surface area contributed by atoms with Crippen LogP contribution in [0.5, 0.6) is 0 Å². The van der Waals surface area contributed by atoms with Crippen molar-refractivity contribution >= 4 is 17.3 Å². The summed E-state index contributed by atoms with van der Waals surface area (Å²) in [7, 11) is 0. The van der Waals surface area contributed by atoms with E-state index < -0.39 is 11.4 Å². The lowest BCUT2D eigenvalue weighted by atomic mass is 9.83. The van der Waals surface area contributed by atoms with Crippen LogP contribution in [0.3, 0.4) is 0 Å². The number of likely N-dealkylation sites (tertiary alicyclic amines) is 1. The largest absolute Gasteiger partial charge is 0.354 e. The maximum absolute atomic E-state index is 14.4. The van der Waals surface area contributed by atoms with Gasteiger partial charge in [-0.15, -0.1) is 0 Å². The molecule has 4 nitrogen and oxygen atoms in total. The number of carbonyl (C=O) groups is 1. The molecule has 2 aliphatic heterocycles. The van der Waals surface area contributed by atoms with Crippen LogP contribution in [0.4, 0.5) is 20.2 Å². The molecule has 0 aromatic heterocycles. The average molecular weight is 446 g/mol. The van der Waals surface area contributed by atoms with Gasteiger partial charge in [-0.25, -0.2) is 8.78 Å².